The van der Waals surface area contributed by atoms with Gasteiger partial charge in [-0.3, -0.25) is 0 Å². The molecule has 2 heterocycles. The van der Waals surface area contributed by atoms with E-state index in [0.29, 0.717) is 0 Å². The zero-order chi connectivity index (χ0) is 19.8. The average Bonchev–Trinajstić information content (AvgIpc) is 2.58. The van der Waals surface area contributed by atoms with Gasteiger partial charge in [0.2, 0.25) is 0 Å². The monoisotopic (exact) mass is 384 g/mol. The summed E-state index contributed by atoms with van der Waals surface area (Å²) < 4.78 is 16.0. The van der Waals surface area contributed by atoms with Crippen LogP contribution in [0.3, 0.4) is 0 Å². The van der Waals surface area contributed by atoms with Crippen molar-refractivity contribution in [3.05, 3.63) is 0 Å². The summed E-state index contributed by atoms with van der Waals surface area (Å²) in [5.41, 5.74) is -1.15. The Labute approximate surface area is 150 Å². The van der Waals surface area contributed by atoms with Crippen LogP contribution < -0.4 is 0 Å². The van der Waals surface area contributed by atoms with Gasteiger partial charge in [-0.15, -0.1) is 0 Å². The van der Waals surface area contributed by atoms with Crippen molar-refractivity contribution < 1.29 is 55.1 Å². The van der Waals surface area contributed by atoms with Gasteiger partial charge in [-0.25, -0.2) is 0 Å². The maximum atomic E-state index is 10.0. The normalized spacial score (nSPS) is 47.8. The predicted octanol–water partition coefficient (Wildman–Crippen LogP) is -4.23. The summed E-state index contributed by atoms with van der Waals surface area (Å²) in [6.07, 6.45) is -14.9. The molecule has 0 bridgehead atoms. The van der Waals surface area contributed by atoms with E-state index in [1.54, 1.807) is 13.8 Å². The van der Waals surface area contributed by atoms with E-state index in [0.717, 1.165) is 0 Å². The SMILES string of the molecule is CC(C)(C[C@H]1O[C@@H](O)[C@H](O)[C@@H](O)[C@@H]1O)O[C@@H]1O[C@H](CO)[C@@H](O)[C@H](O)[C@H]1O. The molecule has 2 aliphatic heterocycles. The van der Waals surface area contributed by atoms with Gasteiger partial charge >= 0.3 is 0 Å². The smallest absolute Gasteiger partial charge is 0.187 e. The van der Waals surface area contributed by atoms with Gasteiger partial charge in [-0.2, -0.15) is 0 Å². The number of aliphatic hydroxyl groups excluding tert-OH is 8. The summed E-state index contributed by atoms with van der Waals surface area (Å²) in [6, 6.07) is 0. The highest BCUT2D eigenvalue weighted by Gasteiger charge is 2.48. The van der Waals surface area contributed by atoms with E-state index in [1.807, 2.05) is 0 Å². The highest BCUT2D eigenvalue weighted by molar-refractivity contribution is 4.93. The van der Waals surface area contributed by atoms with Crippen molar-refractivity contribution in [1.82, 2.24) is 0 Å². The molecule has 154 valence electrons. The Morgan fingerprint density at radius 2 is 1.27 bits per heavy atom. The van der Waals surface area contributed by atoms with Crippen molar-refractivity contribution in [3.8, 4) is 0 Å². The Kier molecular flexibility index (Phi) is 6.97. The van der Waals surface area contributed by atoms with Crippen molar-refractivity contribution in [1.29, 1.82) is 0 Å². The van der Waals surface area contributed by atoms with Gasteiger partial charge in [0.25, 0.3) is 0 Å². The lowest BCUT2D eigenvalue weighted by atomic mass is 9.90. The summed E-state index contributed by atoms with van der Waals surface area (Å²) in [7, 11) is 0. The highest BCUT2D eigenvalue weighted by atomic mass is 16.7. The molecular weight excluding hydrogens is 356 g/mol. The number of ether oxygens (including phenoxy) is 3. The summed E-state index contributed by atoms with van der Waals surface area (Å²) in [6.45, 7) is 2.49. The predicted molar refractivity (Wildman–Crippen MR) is 82.4 cm³/mol. The second kappa shape index (κ2) is 8.29. The molecule has 2 aliphatic rings. The minimum atomic E-state index is -1.69. The maximum absolute atomic E-state index is 10.0. The molecule has 10 atom stereocenters. The van der Waals surface area contributed by atoms with Crippen LogP contribution in [0, 0.1) is 0 Å². The van der Waals surface area contributed by atoms with E-state index in [-0.39, 0.29) is 6.42 Å². The van der Waals surface area contributed by atoms with Crippen molar-refractivity contribution in [3.63, 3.8) is 0 Å². The molecule has 0 aromatic carbocycles. The van der Waals surface area contributed by atoms with Gasteiger partial charge in [0.15, 0.2) is 12.6 Å². The lowest BCUT2D eigenvalue weighted by Crippen LogP contribution is -2.61. The van der Waals surface area contributed by atoms with Gasteiger partial charge in [0.05, 0.1) is 18.3 Å². The summed E-state index contributed by atoms with van der Waals surface area (Å²) in [5.74, 6) is 0. The van der Waals surface area contributed by atoms with E-state index in [1.165, 1.54) is 0 Å². The second-order valence-electron chi connectivity index (χ2n) is 7.32. The second-order valence-corrected chi connectivity index (χ2v) is 7.32. The van der Waals surface area contributed by atoms with Crippen LogP contribution >= 0.6 is 0 Å². The molecule has 2 saturated heterocycles. The lowest BCUT2D eigenvalue weighted by molar-refractivity contribution is -0.332. The minimum absolute atomic E-state index is 0.0793. The molecule has 26 heavy (non-hydrogen) atoms. The molecule has 11 nitrogen and oxygen atoms in total. The fraction of sp³-hybridized carbons (Fsp3) is 1.00. The van der Waals surface area contributed by atoms with Gasteiger partial charge in [0, 0.05) is 6.42 Å². The first kappa shape index (κ1) is 21.9. The molecule has 0 aromatic rings. The molecule has 0 amide bonds. The number of aliphatic hydroxyl groups is 8. The third-order valence-corrected chi connectivity index (χ3v) is 4.66. The summed E-state index contributed by atoms with van der Waals surface area (Å²) >= 11 is 0. The molecule has 0 spiro atoms. The molecule has 8 N–H and O–H groups in total. The zero-order valence-corrected chi connectivity index (χ0v) is 14.5. The van der Waals surface area contributed by atoms with Gasteiger partial charge in [-0.05, 0) is 13.8 Å². The number of hydrogen-bond donors (Lipinski definition) is 8. The topological polar surface area (TPSA) is 190 Å². The van der Waals surface area contributed by atoms with Gasteiger partial charge < -0.3 is 55.1 Å². The third kappa shape index (κ3) is 4.51. The van der Waals surface area contributed by atoms with E-state index in [2.05, 4.69) is 0 Å². The first-order valence-electron chi connectivity index (χ1n) is 8.34. The number of hydrogen-bond acceptors (Lipinski definition) is 11. The standard InChI is InChI=1S/C15H28O11/c1-15(2,3-5-7(17)9(19)11(21)13(23)24-5)26-14-12(22)10(20)8(18)6(4-16)25-14/h5-14,16-23H,3-4H2,1-2H3/t5-,6-,7-,8-,9+,10+,11-,12-,13-,14+/m1/s1. The molecule has 0 radical (unpaired) electrons. The van der Waals surface area contributed by atoms with Crippen molar-refractivity contribution >= 4 is 0 Å². The Balaban J connectivity index is 2.03. The van der Waals surface area contributed by atoms with E-state index in [4.69, 9.17) is 14.2 Å². The fourth-order valence-corrected chi connectivity index (χ4v) is 3.11. The van der Waals surface area contributed by atoms with Crippen molar-refractivity contribution in [2.24, 2.45) is 0 Å². The summed E-state index contributed by atoms with van der Waals surface area (Å²) in [4.78, 5) is 0. The summed E-state index contributed by atoms with van der Waals surface area (Å²) in [5, 5.41) is 77.6. The first-order chi connectivity index (χ1) is 12.0. The number of rotatable bonds is 5. The molecule has 11 heteroatoms. The molecular formula is C15H28O11. The largest absolute Gasteiger partial charge is 0.394 e. The van der Waals surface area contributed by atoms with Crippen LogP contribution in [0.1, 0.15) is 20.3 Å². The molecule has 0 aromatic heterocycles. The molecule has 0 aliphatic carbocycles. The fourth-order valence-electron chi connectivity index (χ4n) is 3.11. The van der Waals surface area contributed by atoms with Crippen LogP contribution in [-0.2, 0) is 14.2 Å². The van der Waals surface area contributed by atoms with Crippen LogP contribution in [0.15, 0.2) is 0 Å². The lowest BCUT2D eigenvalue weighted by Gasteiger charge is -2.45. The minimum Gasteiger partial charge on any atom is -0.394 e. The first-order valence-corrected chi connectivity index (χ1v) is 8.34. The molecule has 2 fully saturated rings. The van der Waals surface area contributed by atoms with Crippen molar-refractivity contribution in [2.75, 3.05) is 6.61 Å². The van der Waals surface area contributed by atoms with E-state index >= 15 is 0 Å². The van der Waals surface area contributed by atoms with E-state index in [9.17, 15) is 40.9 Å². The third-order valence-electron chi connectivity index (χ3n) is 4.66. The van der Waals surface area contributed by atoms with Crippen LogP contribution in [0.25, 0.3) is 0 Å². The molecule has 0 saturated carbocycles. The quantitative estimate of drug-likeness (QED) is 0.229. The Bertz CT molecular complexity index is 459. The zero-order valence-electron chi connectivity index (χ0n) is 14.5. The van der Waals surface area contributed by atoms with Crippen LogP contribution in [0.2, 0.25) is 0 Å². The van der Waals surface area contributed by atoms with Gasteiger partial charge in [-0.1, -0.05) is 0 Å². The Morgan fingerprint density at radius 1 is 0.731 bits per heavy atom. The van der Waals surface area contributed by atoms with Crippen LogP contribution in [0.4, 0.5) is 0 Å². The van der Waals surface area contributed by atoms with Crippen molar-refractivity contribution in [2.45, 2.75) is 87.3 Å². The highest BCUT2D eigenvalue weighted by Crippen LogP contribution is 2.31. The average molecular weight is 384 g/mol. The van der Waals surface area contributed by atoms with Crippen LogP contribution in [-0.4, -0.2) is 114 Å². The maximum Gasteiger partial charge on any atom is 0.187 e. The molecule has 2 rings (SSSR count). The molecule has 0 unspecified atom stereocenters. The van der Waals surface area contributed by atoms with E-state index < -0.39 is 73.6 Å². The Hall–Kier alpha value is -0.440. The van der Waals surface area contributed by atoms with Crippen LogP contribution in [0.5, 0.6) is 0 Å². The van der Waals surface area contributed by atoms with Gasteiger partial charge in [0.1, 0.15) is 42.7 Å². The Morgan fingerprint density at radius 3 is 1.85 bits per heavy atom.